The Hall–Kier alpha value is -0.163. The maximum absolute atomic E-state index is 5.22. The van der Waals surface area contributed by atoms with E-state index in [4.69, 9.17) is 9.47 Å². The molecule has 0 bridgehead atoms. The molecule has 12 heavy (non-hydrogen) atoms. The van der Waals surface area contributed by atoms with Crippen LogP contribution < -0.4 is 0 Å². The Balaban J connectivity index is 2.77. The number of hydrogen-bond donors (Lipinski definition) is 0. The third-order valence-electron chi connectivity index (χ3n) is 1.14. The summed E-state index contributed by atoms with van der Waals surface area (Å²) < 4.78 is 15.0. The van der Waals surface area contributed by atoms with Gasteiger partial charge in [-0.1, -0.05) is 6.08 Å². The van der Waals surface area contributed by atoms with Crippen LogP contribution in [0.15, 0.2) is 12.7 Å². The van der Waals surface area contributed by atoms with Crippen LogP contribution in [0.2, 0.25) is 0 Å². The Bertz CT molecular complexity index is 98.3. The maximum atomic E-state index is 5.22. The van der Waals surface area contributed by atoms with Crippen LogP contribution in [0.5, 0.6) is 0 Å². The van der Waals surface area contributed by atoms with Gasteiger partial charge in [-0.05, 0) is 6.42 Å². The second-order valence-electron chi connectivity index (χ2n) is 2.18. The van der Waals surface area contributed by atoms with Crippen LogP contribution in [0.3, 0.4) is 0 Å². The zero-order chi connectivity index (χ0) is 9.07. The lowest BCUT2D eigenvalue weighted by atomic mass is 10.5. The van der Waals surface area contributed by atoms with Crippen molar-refractivity contribution in [2.24, 2.45) is 0 Å². The molecule has 0 fully saturated rings. The number of rotatable bonds is 9. The summed E-state index contributed by atoms with van der Waals surface area (Å²) in [6, 6.07) is 0. The minimum Gasteiger partial charge on any atom is -0.419 e. The standard InChI is InChI=1S/C8H15O3Si/c1-2-4-9-7-8-10-5-3-6-11-12/h2H,1,3-8H2. The Labute approximate surface area is 77.2 Å². The van der Waals surface area contributed by atoms with Gasteiger partial charge in [0.2, 0.25) is 10.5 Å². The Morgan fingerprint density at radius 3 is 2.50 bits per heavy atom. The molecule has 0 heterocycles. The summed E-state index contributed by atoms with van der Waals surface area (Å²) >= 11 is 0. The largest absolute Gasteiger partial charge is 0.419 e. The average molecular weight is 187 g/mol. The molecule has 0 unspecified atom stereocenters. The van der Waals surface area contributed by atoms with Gasteiger partial charge in [0.1, 0.15) is 0 Å². The van der Waals surface area contributed by atoms with Crippen molar-refractivity contribution < 1.29 is 13.9 Å². The molecule has 0 N–H and O–H groups in total. The average Bonchev–Trinajstić information content (AvgIpc) is 2.10. The lowest BCUT2D eigenvalue weighted by molar-refractivity contribution is 0.0537. The molecule has 0 rings (SSSR count). The topological polar surface area (TPSA) is 27.7 Å². The van der Waals surface area contributed by atoms with E-state index in [0.29, 0.717) is 33.0 Å². The molecule has 0 atom stereocenters. The summed E-state index contributed by atoms with van der Waals surface area (Å²) in [5, 5.41) is 0. The van der Waals surface area contributed by atoms with Crippen LogP contribution in [0.1, 0.15) is 6.42 Å². The van der Waals surface area contributed by atoms with Gasteiger partial charge in [0, 0.05) is 13.2 Å². The van der Waals surface area contributed by atoms with Gasteiger partial charge < -0.3 is 13.9 Å². The highest BCUT2D eigenvalue weighted by Crippen LogP contribution is 1.84. The third-order valence-corrected chi connectivity index (χ3v) is 1.35. The fourth-order valence-corrected chi connectivity index (χ4v) is 0.764. The molecule has 0 aliphatic carbocycles. The monoisotopic (exact) mass is 187 g/mol. The zero-order valence-electron chi connectivity index (χ0n) is 7.25. The van der Waals surface area contributed by atoms with Crippen molar-refractivity contribution in [1.29, 1.82) is 0 Å². The van der Waals surface area contributed by atoms with Crippen molar-refractivity contribution in [2.75, 3.05) is 33.0 Å². The summed E-state index contributed by atoms with van der Waals surface area (Å²) in [6.45, 7) is 6.76. The molecule has 0 aromatic heterocycles. The lowest BCUT2D eigenvalue weighted by Gasteiger charge is -2.03. The fraction of sp³-hybridized carbons (Fsp3) is 0.750. The first-order chi connectivity index (χ1) is 5.91. The highest BCUT2D eigenvalue weighted by molar-refractivity contribution is 5.97. The van der Waals surface area contributed by atoms with E-state index < -0.39 is 0 Å². The summed E-state index contributed by atoms with van der Waals surface area (Å²) in [5.74, 6) is 0. The Morgan fingerprint density at radius 1 is 1.08 bits per heavy atom. The van der Waals surface area contributed by atoms with Gasteiger partial charge in [-0.25, -0.2) is 0 Å². The lowest BCUT2D eigenvalue weighted by Crippen LogP contribution is -2.06. The second-order valence-corrected chi connectivity index (χ2v) is 2.47. The van der Waals surface area contributed by atoms with E-state index in [1.165, 1.54) is 0 Å². The first-order valence-electron chi connectivity index (χ1n) is 3.96. The molecule has 0 amide bonds. The van der Waals surface area contributed by atoms with Crippen molar-refractivity contribution in [3.63, 3.8) is 0 Å². The Kier molecular flexibility index (Phi) is 10.7. The van der Waals surface area contributed by atoms with Crippen molar-refractivity contribution in [3.8, 4) is 0 Å². The first-order valence-corrected chi connectivity index (χ1v) is 4.37. The molecule has 0 spiro atoms. The highest BCUT2D eigenvalue weighted by atomic mass is 28.2. The third kappa shape index (κ3) is 9.84. The van der Waals surface area contributed by atoms with Gasteiger partial charge in [-0.2, -0.15) is 0 Å². The van der Waals surface area contributed by atoms with E-state index in [2.05, 4.69) is 21.5 Å². The van der Waals surface area contributed by atoms with Crippen LogP contribution in [0.25, 0.3) is 0 Å². The van der Waals surface area contributed by atoms with E-state index in [9.17, 15) is 0 Å². The Morgan fingerprint density at radius 2 is 1.83 bits per heavy atom. The molecule has 0 saturated heterocycles. The van der Waals surface area contributed by atoms with Gasteiger partial charge in [0.25, 0.3) is 0 Å². The summed E-state index contributed by atoms with van der Waals surface area (Å²) in [6.07, 6.45) is 2.61. The zero-order valence-corrected chi connectivity index (χ0v) is 8.25. The van der Waals surface area contributed by atoms with Crippen molar-refractivity contribution in [3.05, 3.63) is 12.7 Å². The number of ether oxygens (including phenoxy) is 2. The molecular weight excluding hydrogens is 172 g/mol. The van der Waals surface area contributed by atoms with Crippen molar-refractivity contribution in [1.82, 2.24) is 0 Å². The van der Waals surface area contributed by atoms with Crippen LogP contribution in [-0.4, -0.2) is 43.5 Å². The highest BCUT2D eigenvalue weighted by Gasteiger charge is 1.88. The van der Waals surface area contributed by atoms with E-state index in [1.807, 2.05) is 0 Å². The van der Waals surface area contributed by atoms with Crippen LogP contribution >= 0.6 is 0 Å². The summed E-state index contributed by atoms with van der Waals surface area (Å²) in [7, 11) is 2.90. The normalized spacial score (nSPS) is 10.1. The smallest absolute Gasteiger partial charge is 0.246 e. The fourth-order valence-electron chi connectivity index (χ4n) is 0.620. The molecule has 0 aromatic carbocycles. The van der Waals surface area contributed by atoms with E-state index >= 15 is 0 Å². The van der Waals surface area contributed by atoms with Gasteiger partial charge in [-0.3, -0.25) is 0 Å². The van der Waals surface area contributed by atoms with Gasteiger partial charge in [0.15, 0.2) is 0 Å². The molecule has 3 nitrogen and oxygen atoms in total. The second kappa shape index (κ2) is 10.8. The maximum Gasteiger partial charge on any atom is 0.246 e. The van der Waals surface area contributed by atoms with Gasteiger partial charge in [0.05, 0.1) is 19.8 Å². The molecule has 0 aliphatic heterocycles. The SMILES string of the molecule is C=CCOCCOCCCO[Si]. The molecule has 0 aliphatic rings. The molecule has 0 saturated carbocycles. The quantitative estimate of drug-likeness (QED) is 0.302. The van der Waals surface area contributed by atoms with Gasteiger partial charge >= 0.3 is 0 Å². The predicted molar refractivity (Wildman–Crippen MR) is 48.2 cm³/mol. The first kappa shape index (κ1) is 11.8. The van der Waals surface area contributed by atoms with Crippen LogP contribution in [0, 0.1) is 0 Å². The van der Waals surface area contributed by atoms with Crippen molar-refractivity contribution in [2.45, 2.75) is 6.42 Å². The summed E-state index contributed by atoms with van der Waals surface area (Å²) in [4.78, 5) is 0. The number of hydrogen-bond acceptors (Lipinski definition) is 3. The molecular formula is C8H15O3Si. The summed E-state index contributed by atoms with van der Waals surface area (Å²) in [5.41, 5.74) is 0. The van der Waals surface area contributed by atoms with E-state index in [1.54, 1.807) is 6.08 Å². The molecule has 3 radical (unpaired) electrons. The minimum absolute atomic E-state index is 0.591. The van der Waals surface area contributed by atoms with Crippen LogP contribution in [0.4, 0.5) is 0 Å². The van der Waals surface area contributed by atoms with E-state index in [0.717, 1.165) is 6.42 Å². The molecule has 69 valence electrons. The van der Waals surface area contributed by atoms with Crippen molar-refractivity contribution >= 4 is 10.5 Å². The van der Waals surface area contributed by atoms with Crippen LogP contribution in [-0.2, 0) is 13.9 Å². The van der Waals surface area contributed by atoms with Gasteiger partial charge in [-0.15, -0.1) is 6.58 Å². The predicted octanol–water partition coefficient (Wildman–Crippen LogP) is 0.696. The molecule has 4 heteroatoms. The molecule has 0 aromatic rings. The minimum atomic E-state index is 0.591. The van der Waals surface area contributed by atoms with E-state index in [-0.39, 0.29) is 0 Å².